The molecule has 5 heteroatoms. The summed E-state index contributed by atoms with van der Waals surface area (Å²) in [5, 5.41) is 2.69. The lowest BCUT2D eigenvalue weighted by Gasteiger charge is -2.35. The van der Waals surface area contributed by atoms with Crippen molar-refractivity contribution >= 4 is 11.8 Å². The number of hydrogen-bond acceptors (Lipinski definition) is 3. The Morgan fingerprint density at radius 2 is 2.15 bits per heavy atom. The number of ether oxygens (including phenoxy) is 1. The van der Waals surface area contributed by atoms with E-state index < -0.39 is 0 Å². The highest BCUT2D eigenvalue weighted by atomic mass is 16.5. The summed E-state index contributed by atoms with van der Waals surface area (Å²) in [5.74, 6) is 1.06. The summed E-state index contributed by atoms with van der Waals surface area (Å²) in [5.41, 5.74) is 0.984. The van der Waals surface area contributed by atoms with Crippen LogP contribution in [0.15, 0.2) is 24.3 Å². The van der Waals surface area contributed by atoms with E-state index in [-0.39, 0.29) is 24.4 Å². The van der Waals surface area contributed by atoms with Crippen LogP contribution in [0.4, 0.5) is 0 Å². The lowest BCUT2D eigenvalue weighted by molar-refractivity contribution is -0.147. The third kappa shape index (κ3) is 2.48. The fourth-order valence-corrected chi connectivity index (χ4v) is 2.70. The Kier molecular flexibility index (Phi) is 3.34. The SMILES string of the molecule is COc1cccc(CN2C(=O)CNC(=O)C2C2CC2)c1. The maximum atomic E-state index is 12.1. The van der Waals surface area contributed by atoms with Gasteiger partial charge in [-0.1, -0.05) is 12.1 Å². The first-order valence-electron chi connectivity index (χ1n) is 6.89. The molecule has 2 aliphatic rings. The molecule has 2 fully saturated rings. The number of nitrogens with zero attached hydrogens (tertiary/aromatic N) is 1. The summed E-state index contributed by atoms with van der Waals surface area (Å²) >= 11 is 0. The van der Waals surface area contributed by atoms with E-state index in [4.69, 9.17) is 4.74 Å². The predicted octanol–water partition coefficient (Wildman–Crippen LogP) is 0.932. The van der Waals surface area contributed by atoms with Crippen molar-refractivity contribution in [3.05, 3.63) is 29.8 Å². The molecule has 0 spiro atoms. The summed E-state index contributed by atoms with van der Waals surface area (Å²) in [7, 11) is 1.62. The third-order valence-electron chi connectivity index (χ3n) is 3.89. The molecule has 20 heavy (non-hydrogen) atoms. The van der Waals surface area contributed by atoms with Gasteiger partial charge in [-0.15, -0.1) is 0 Å². The van der Waals surface area contributed by atoms with Crippen molar-refractivity contribution in [3.63, 3.8) is 0 Å². The topological polar surface area (TPSA) is 58.6 Å². The molecule has 1 saturated carbocycles. The molecule has 3 rings (SSSR count). The molecule has 1 aromatic rings. The molecule has 5 nitrogen and oxygen atoms in total. The van der Waals surface area contributed by atoms with Gasteiger partial charge in [-0.3, -0.25) is 9.59 Å². The number of rotatable bonds is 4. The summed E-state index contributed by atoms with van der Waals surface area (Å²) in [6.45, 7) is 0.566. The molecule has 0 bridgehead atoms. The predicted molar refractivity (Wildman–Crippen MR) is 73.1 cm³/mol. The van der Waals surface area contributed by atoms with Crippen molar-refractivity contribution in [3.8, 4) is 5.75 Å². The van der Waals surface area contributed by atoms with E-state index in [2.05, 4.69) is 5.32 Å². The fourth-order valence-electron chi connectivity index (χ4n) is 2.70. The molecule has 0 radical (unpaired) electrons. The van der Waals surface area contributed by atoms with E-state index in [9.17, 15) is 9.59 Å². The molecule has 0 aromatic heterocycles. The maximum Gasteiger partial charge on any atom is 0.243 e. The van der Waals surface area contributed by atoms with Gasteiger partial charge < -0.3 is 15.0 Å². The number of nitrogens with one attached hydrogen (secondary N) is 1. The number of methoxy groups -OCH3 is 1. The molecule has 1 N–H and O–H groups in total. The molecular weight excluding hydrogens is 256 g/mol. The molecule has 2 amide bonds. The first kappa shape index (κ1) is 13.0. The fraction of sp³-hybridized carbons (Fsp3) is 0.467. The number of piperazine rings is 1. The van der Waals surface area contributed by atoms with E-state index in [1.54, 1.807) is 12.0 Å². The minimum Gasteiger partial charge on any atom is -0.497 e. The molecule has 106 valence electrons. The quantitative estimate of drug-likeness (QED) is 0.888. The molecule has 1 saturated heterocycles. The second-order valence-electron chi connectivity index (χ2n) is 5.37. The standard InChI is InChI=1S/C15H18N2O3/c1-20-12-4-2-3-10(7-12)9-17-13(18)8-16-15(19)14(17)11-5-6-11/h2-4,7,11,14H,5-6,8-9H2,1H3,(H,16,19). The maximum absolute atomic E-state index is 12.1. The summed E-state index contributed by atoms with van der Waals surface area (Å²) in [4.78, 5) is 25.9. The van der Waals surface area contributed by atoms with Crippen LogP contribution >= 0.6 is 0 Å². The molecular formula is C15H18N2O3. The van der Waals surface area contributed by atoms with Crippen LogP contribution in [-0.4, -0.2) is 36.4 Å². The highest BCUT2D eigenvalue weighted by molar-refractivity contribution is 5.95. The van der Waals surface area contributed by atoms with Gasteiger partial charge in [-0.05, 0) is 36.5 Å². The van der Waals surface area contributed by atoms with E-state index >= 15 is 0 Å². The Bertz CT molecular complexity index is 540. The van der Waals surface area contributed by atoms with Crippen LogP contribution in [0.5, 0.6) is 5.75 Å². The number of carbonyl (C=O) groups is 2. The Morgan fingerprint density at radius 1 is 1.35 bits per heavy atom. The highest BCUT2D eigenvalue weighted by Gasteiger charge is 2.44. The van der Waals surface area contributed by atoms with Gasteiger partial charge in [0.15, 0.2) is 0 Å². The Balaban J connectivity index is 1.81. The van der Waals surface area contributed by atoms with Crippen molar-refractivity contribution in [1.82, 2.24) is 10.2 Å². The molecule has 1 heterocycles. The smallest absolute Gasteiger partial charge is 0.243 e. The lowest BCUT2D eigenvalue weighted by atomic mass is 10.1. The molecule has 1 aliphatic carbocycles. The van der Waals surface area contributed by atoms with Crippen LogP contribution in [0.2, 0.25) is 0 Å². The van der Waals surface area contributed by atoms with Crippen molar-refractivity contribution in [2.75, 3.05) is 13.7 Å². The monoisotopic (exact) mass is 274 g/mol. The van der Waals surface area contributed by atoms with Crippen LogP contribution in [0.3, 0.4) is 0 Å². The first-order valence-corrected chi connectivity index (χ1v) is 6.89. The van der Waals surface area contributed by atoms with Crippen LogP contribution in [-0.2, 0) is 16.1 Å². The minimum atomic E-state index is -0.303. The van der Waals surface area contributed by atoms with Crippen LogP contribution < -0.4 is 10.1 Å². The van der Waals surface area contributed by atoms with Crippen molar-refractivity contribution in [2.24, 2.45) is 5.92 Å². The van der Waals surface area contributed by atoms with Gasteiger partial charge in [-0.25, -0.2) is 0 Å². The van der Waals surface area contributed by atoms with E-state index in [1.165, 1.54) is 0 Å². The zero-order valence-electron chi connectivity index (χ0n) is 11.5. The van der Waals surface area contributed by atoms with Crippen molar-refractivity contribution < 1.29 is 14.3 Å². The highest BCUT2D eigenvalue weighted by Crippen LogP contribution is 2.37. The van der Waals surface area contributed by atoms with E-state index in [1.807, 2.05) is 24.3 Å². The number of benzene rings is 1. The van der Waals surface area contributed by atoms with Gasteiger partial charge in [0.25, 0.3) is 0 Å². The average Bonchev–Trinajstić information content (AvgIpc) is 3.28. The average molecular weight is 274 g/mol. The Labute approximate surface area is 117 Å². The minimum absolute atomic E-state index is 0.00989. The van der Waals surface area contributed by atoms with Gasteiger partial charge in [0.1, 0.15) is 11.8 Å². The zero-order chi connectivity index (χ0) is 14.1. The second-order valence-corrected chi connectivity index (χ2v) is 5.37. The van der Waals surface area contributed by atoms with Crippen molar-refractivity contribution in [2.45, 2.75) is 25.4 Å². The molecule has 1 aliphatic heterocycles. The summed E-state index contributed by atoms with van der Waals surface area (Å²) < 4.78 is 5.20. The van der Waals surface area contributed by atoms with Crippen LogP contribution in [0.25, 0.3) is 0 Å². The number of hydrogen-bond donors (Lipinski definition) is 1. The third-order valence-corrected chi connectivity index (χ3v) is 3.89. The van der Waals surface area contributed by atoms with Gasteiger partial charge in [-0.2, -0.15) is 0 Å². The van der Waals surface area contributed by atoms with E-state index in [0.717, 1.165) is 24.2 Å². The first-order chi connectivity index (χ1) is 9.69. The Morgan fingerprint density at radius 3 is 2.85 bits per heavy atom. The van der Waals surface area contributed by atoms with Crippen molar-refractivity contribution in [1.29, 1.82) is 0 Å². The zero-order valence-corrected chi connectivity index (χ0v) is 11.5. The normalized spacial score (nSPS) is 22.6. The molecule has 1 atom stereocenters. The van der Waals surface area contributed by atoms with Gasteiger partial charge >= 0.3 is 0 Å². The van der Waals surface area contributed by atoms with Gasteiger partial charge in [0.2, 0.25) is 11.8 Å². The largest absolute Gasteiger partial charge is 0.497 e. The number of amides is 2. The summed E-state index contributed by atoms with van der Waals surface area (Å²) in [6.07, 6.45) is 2.06. The molecule has 1 aromatic carbocycles. The second kappa shape index (κ2) is 5.15. The lowest BCUT2D eigenvalue weighted by Crippen LogP contribution is -2.58. The van der Waals surface area contributed by atoms with Crippen LogP contribution in [0.1, 0.15) is 18.4 Å². The summed E-state index contributed by atoms with van der Waals surface area (Å²) in [6, 6.07) is 7.32. The number of carbonyl (C=O) groups excluding carboxylic acids is 2. The van der Waals surface area contributed by atoms with Gasteiger partial charge in [0, 0.05) is 6.54 Å². The van der Waals surface area contributed by atoms with Crippen LogP contribution in [0, 0.1) is 5.92 Å². The Hall–Kier alpha value is -2.04. The van der Waals surface area contributed by atoms with Gasteiger partial charge in [0.05, 0.1) is 13.7 Å². The molecule has 1 unspecified atom stereocenters. The van der Waals surface area contributed by atoms with E-state index in [0.29, 0.717) is 12.5 Å².